The van der Waals surface area contributed by atoms with Crippen LogP contribution in [-0.4, -0.2) is 24.6 Å². The first-order chi connectivity index (χ1) is 8.84. The van der Waals surface area contributed by atoms with Crippen LogP contribution < -0.4 is 0 Å². The van der Waals surface area contributed by atoms with Gasteiger partial charge >= 0.3 is 12.1 Å². The third-order valence-corrected chi connectivity index (χ3v) is 3.57. The minimum absolute atomic E-state index is 0.0312. The van der Waals surface area contributed by atoms with E-state index in [1.807, 2.05) is 0 Å². The monoisotopic (exact) mass is 296 g/mol. The number of esters is 1. The van der Waals surface area contributed by atoms with Gasteiger partial charge in [0.25, 0.3) is 0 Å². The molecular weight excluding hydrogens is 281 g/mol. The molecule has 0 saturated heterocycles. The summed E-state index contributed by atoms with van der Waals surface area (Å²) in [5, 5.41) is -0.0312. The van der Waals surface area contributed by atoms with Gasteiger partial charge in [-0.15, -0.1) is 11.6 Å². The highest BCUT2D eigenvalue weighted by atomic mass is 35.5. The van der Waals surface area contributed by atoms with Gasteiger partial charge in [0.15, 0.2) is 0 Å². The van der Waals surface area contributed by atoms with E-state index in [2.05, 4.69) is 4.74 Å². The standard InChI is InChI=1S/C13H16ClF3O2/c1-19-12(18)4-2-3-11(13(15,16)17)9-5-7-10(14)8-6-9/h2-4,9-10H,5-8H2,1H3/b4-2+,11-3-. The van der Waals surface area contributed by atoms with Crippen LogP contribution in [0.25, 0.3) is 0 Å². The number of hydrogen-bond donors (Lipinski definition) is 0. The molecule has 0 amide bonds. The van der Waals surface area contributed by atoms with Gasteiger partial charge in [0, 0.05) is 17.0 Å². The van der Waals surface area contributed by atoms with Crippen LogP contribution >= 0.6 is 11.6 Å². The lowest BCUT2D eigenvalue weighted by molar-refractivity contribution is -0.134. The molecule has 2 nitrogen and oxygen atoms in total. The summed E-state index contributed by atoms with van der Waals surface area (Å²) in [5.41, 5.74) is -0.601. The van der Waals surface area contributed by atoms with E-state index in [0.29, 0.717) is 25.7 Å². The zero-order valence-electron chi connectivity index (χ0n) is 10.5. The molecule has 1 fully saturated rings. The van der Waals surface area contributed by atoms with Gasteiger partial charge in [-0.3, -0.25) is 0 Å². The second kappa shape index (κ2) is 6.98. The van der Waals surface area contributed by atoms with Crippen LogP contribution in [0.2, 0.25) is 0 Å². The third kappa shape index (κ3) is 5.27. The maximum absolute atomic E-state index is 13.0. The third-order valence-electron chi connectivity index (χ3n) is 3.13. The number of carbonyl (C=O) groups is 1. The molecule has 1 saturated carbocycles. The molecule has 0 atom stereocenters. The predicted molar refractivity (Wildman–Crippen MR) is 66.9 cm³/mol. The Bertz CT molecular complexity index is 367. The van der Waals surface area contributed by atoms with Crippen molar-refractivity contribution in [3.63, 3.8) is 0 Å². The second-order valence-corrected chi connectivity index (χ2v) is 5.07. The Morgan fingerprint density at radius 3 is 2.32 bits per heavy atom. The Kier molecular flexibility index (Phi) is 5.91. The van der Waals surface area contributed by atoms with Gasteiger partial charge in [0.05, 0.1) is 7.11 Å². The first kappa shape index (κ1) is 16.1. The van der Waals surface area contributed by atoms with Crippen LogP contribution in [0.3, 0.4) is 0 Å². The lowest BCUT2D eigenvalue weighted by atomic mass is 9.83. The molecule has 0 aromatic heterocycles. The number of ether oxygens (including phenoxy) is 1. The van der Waals surface area contributed by atoms with E-state index in [0.717, 1.165) is 18.2 Å². The molecule has 1 rings (SSSR count). The Balaban J connectivity index is 2.81. The topological polar surface area (TPSA) is 26.3 Å². The molecule has 1 aliphatic rings. The average molecular weight is 297 g/mol. The van der Waals surface area contributed by atoms with Gasteiger partial charge in [-0.1, -0.05) is 12.2 Å². The first-order valence-electron chi connectivity index (χ1n) is 6.02. The van der Waals surface area contributed by atoms with E-state index < -0.39 is 23.6 Å². The quantitative estimate of drug-likeness (QED) is 0.340. The lowest BCUT2D eigenvalue weighted by Gasteiger charge is -2.28. The van der Waals surface area contributed by atoms with Crippen molar-refractivity contribution in [2.24, 2.45) is 5.92 Å². The molecule has 0 radical (unpaired) electrons. The van der Waals surface area contributed by atoms with Crippen molar-refractivity contribution in [3.05, 3.63) is 23.8 Å². The zero-order chi connectivity index (χ0) is 14.5. The summed E-state index contributed by atoms with van der Waals surface area (Å²) in [4.78, 5) is 10.8. The fourth-order valence-electron chi connectivity index (χ4n) is 2.12. The van der Waals surface area contributed by atoms with Gasteiger partial charge in [-0.2, -0.15) is 13.2 Å². The van der Waals surface area contributed by atoms with E-state index in [9.17, 15) is 18.0 Å². The van der Waals surface area contributed by atoms with Crippen LogP contribution in [0, 0.1) is 5.92 Å². The highest BCUT2D eigenvalue weighted by Crippen LogP contribution is 2.40. The summed E-state index contributed by atoms with van der Waals surface area (Å²) >= 11 is 5.89. The van der Waals surface area contributed by atoms with E-state index in [1.165, 1.54) is 7.11 Å². The molecule has 0 aromatic rings. The van der Waals surface area contributed by atoms with Crippen LogP contribution in [0.15, 0.2) is 23.8 Å². The van der Waals surface area contributed by atoms with Crippen LogP contribution in [0.5, 0.6) is 0 Å². The summed E-state index contributed by atoms with van der Waals surface area (Å²) in [6.45, 7) is 0. The van der Waals surface area contributed by atoms with Crippen molar-refractivity contribution >= 4 is 17.6 Å². The summed E-state index contributed by atoms with van der Waals surface area (Å²) in [6.07, 6.45) is 0.638. The van der Waals surface area contributed by atoms with Crippen molar-refractivity contribution < 1.29 is 22.7 Å². The molecule has 19 heavy (non-hydrogen) atoms. The maximum Gasteiger partial charge on any atom is 0.412 e. The molecule has 0 aromatic carbocycles. The van der Waals surface area contributed by atoms with Gasteiger partial charge < -0.3 is 4.74 Å². The highest BCUT2D eigenvalue weighted by Gasteiger charge is 2.39. The Labute approximate surface area is 115 Å². The molecule has 0 heterocycles. The van der Waals surface area contributed by atoms with Gasteiger partial charge in [0.1, 0.15) is 0 Å². The molecule has 0 unspecified atom stereocenters. The molecule has 0 bridgehead atoms. The number of hydrogen-bond acceptors (Lipinski definition) is 2. The van der Waals surface area contributed by atoms with Crippen LogP contribution in [0.1, 0.15) is 25.7 Å². The minimum atomic E-state index is -4.38. The zero-order valence-corrected chi connectivity index (χ0v) is 11.3. The van der Waals surface area contributed by atoms with Crippen molar-refractivity contribution in [1.82, 2.24) is 0 Å². The molecule has 0 N–H and O–H groups in total. The molecule has 1 aliphatic carbocycles. The van der Waals surface area contributed by atoms with Crippen molar-refractivity contribution in [2.45, 2.75) is 37.2 Å². The number of methoxy groups -OCH3 is 1. The fourth-order valence-corrected chi connectivity index (χ4v) is 2.38. The smallest absolute Gasteiger partial charge is 0.412 e. The van der Waals surface area contributed by atoms with Crippen molar-refractivity contribution in [1.29, 1.82) is 0 Å². The summed E-state index contributed by atoms with van der Waals surface area (Å²) in [5.74, 6) is -1.22. The number of halogens is 4. The Hall–Kier alpha value is -0.970. The molecule has 6 heteroatoms. The van der Waals surface area contributed by atoms with E-state index >= 15 is 0 Å². The van der Waals surface area contributed by atoms with Gasteiger partial charge in [-0.25, -0.2) is 4.79 Å². The Morgan fingerprint density at radius 2 is 1.84 bits per heavy atom. The number of rotatable bonds is 3. The molecular formula is C13H16ClF3O2. The fraction of sp³-hybridized carbons (Fsp3) is 0.615. The van der Waals surface area contributed by atoms with Crippen LogP contribution in [0.4, 0.5) is 13.2 Å². The SMILES string of the molecule is COC(=O)/C=C/C=C(/C1CCC(Cl)CC1)C(F)(F)F. The summed E-state index contributed by atoms with van der Waals surface area (Å²) in [6, 6.07) is 0. The van der Waals surface area contributed by atoms with E-state index in [-0.39, 0.29) is 5.38 Å². The van der Waals surface area contributed by atoms with Crippen LogP contribution in [-0.2, 0) is 9.53 Å². The molecule has 0 spiro atoms. The van der Waals surface area contributed by atoms with Gasteiger partial charge in [0.2, 0.25) is 0 Å². The first-order valence-corrected chi connectivity index (χ1v) is 6.45. The number of carbonyl (C=O) groups excluding carboxylic acids is 1. The van der Waals surface area contributed by atoms with Crippen molar-refractivity contribution in [2.75, 3.05) is 7.11 Å². The average Bonchev–Trinajstić information content (AvgIpc) is 2.34. The minimum Gasteiger partial charge on any atom is -0.466 e. The second-order valence-electron chi connectivity index (χ2n) is 4.45. The summed E-state index contributed by atoms with van der Waals surface area (Å²) in [7, 11) is 1.17. The lowest BCUT2D eigenvalue weighted by Crippen LogP contribution is -2.24. The summed E-state index contributed by atoms with van der Waals surface area (Å²) < 4.78 is 43.2. The normalized spacial score (nSPS) is 25.6. The maximum atomic E-state index is 13.0. The predicted octanol–water partition coefficient (Wildman–Crippen LogP) is 4.00. The highest BCUT2D eigenvalue weighted by molar-refractivity contribution is 6.20. The number of allylic oxidation sites excluding steroid dienone is 3. The molecule has 0 aliphatic heterocycles. The Morgan fingerprint density at radius 1 is 1.26 bits per heavy atom. The van der Waals surface area contributed by atoms with Crippen molar-refractivity contribution in [3.8, 4) is 0 Å². The van der Waals surface area contributed by atoms with Gasteiger partial charge in [-0.05, 0) is 31.6 Å². The van der Waals surface area contributed by atoms with E-state index in [4.69, 9.17) is 11.6 Å². The largest absolute Gasteiger partial charge is 0.466 e. The number of alkyl halides is 4. The molecule has 108 valence electrons. The van der Waals surface area contributed by atoms with E-state index in [1.54, 1.807) is 0 Å².